The minimum atomic E-state index is -0.283. The third kappa shape index (κ3) is 3.67. The van der Waals surface area contributed by atoms with Gasteiger partial charge in [-0.15, -0.1) is 23.7 Å². The molecule has 1 spiro atoms. The van der Waals surface area contributed by atoms with Crippen LogP contribution in [0.3, 0.4) is 0 Å². The Morgan fingerprint density at radius 1 is 1.23 bits per heavy atom. The normalized spacial score (nSPS) is 17.4. The highest BCUT2D eigenvalue weighted by Crippen LogP contribution is 2.47. The van der Waals surface area contributed by atoms with E-state index in [0.29, 0.717) is 24.7 Å². The van der Waals surface area contributed by atoms with E-state index in [1.54, 1.807) is 0 Å². The molecule has 1 fully saturated rings. The Bertz CT molecular complexity index is 1030. The predicted molar refractivity (Wildman–Crippen MR) is 118 cm³/mol. The molecule has 0 aliphatic carbocycles. The Balaban J connectivity index is 0.00000218. The summed E-state index contributed by atoms with van der Waals surface area (Å²) in [6.45, 7) is 2.20. The summed E-state index contributed by atoms with van der Waals surface area (Å²) in [4.78, 5) is 21.4. The maximum atomic E-state index is 12.8. The van der Waals surface area contributed by atoms with Gasteiger partial charge in [-0.25, -0.2) is 4.98 Å². The van der Waals surface area contributed by atoms with Crippen molar-refractivity contribution in [3.63, 3.8) is 0 Å². The fourth-order valence-electron chi connectivity index (χ4n) is 4.27. The van der Waals surface area contributed by atoms with Gasteiger partial charge in [0.2, 0.25) is 5.89 Å². The van der Waals surface area contributed by atoms with Crippen LogP contribution < -0.4 is 5.73 Å². The largest absolute Gasteiger partial charge is 0.447 e. The molecule has 158 valence electrons. The lowest BCUT2D eigenvalue weighted by Crippen LogP contribution is -2.48. The highest BCUT2D eigenvalue weighted by Gasteiger charge is 2.43. The smallest absolute Gasteiger partial charge is 0.275 e. The van der Waals surface area contributed by atoms with Crippen molar-refractivity contribution >= 4 is 29.7 Å². The SMILES string of the molecule is Cl.NCc1nc(C(=O)N2CCC3(CC2)OCCc2cc(-c4ccccc4)sc23)co1. The Hall–Kier alpha value is -2.19. The van der Waals surface area contributed by atoms with Gasteiger partial charge in [0, 0.05) is 22.8 Å². The first-order valence-corrected chi connectivity index (χ1v) is 10.8. The van der Waals surface area contributed by atoms with Crippen LogP contribution >= 0.6 is 23.7 Å². The number of likely N-dealkylation sites (tertiary alicyclic amines) is 1. The lowest BCUT2D eigenvalue weighted by Gasteiger charge is -2.43. The molecule has 1 saturated heterocycles. The van der Waals surface area contributed by atoms with E-state index in [-0.39, 0.29) is 30.5 Å². The highest BCUT2D eigenvalue weighted by atomic mass is 35.5. The Kier molecular flexibility index (Phi) is 5.97. The lowest BCUT2D eigenvalue weighted by molar-refractivity contribution is -0.0906. The molecule has 0 unspecified atom stereocenters. The number of fused-ring (bicyclic) bond motifs is 2. The van der Waals surface area contributed by atoms with Crippen LogP contribution in [0.5, 0.6) is 0 Å². The quantitative estimate of drug-likeness (QED) is 0.659. The van der Waals surface area contributed by atoms with E-state index < -0.39 is 0 Å². The molecule has 0 saturated carbocycles. The molecule has 1 amide bonds. The van der Waals surface area contributed by atoms with Gasteiger partial charge in [-0.1, -0.05) is 30.3 Å². The van der Waals surface area contributed by atoms with E-state index >= 15 is 0 Å². The van der Waals surface area contributed by atoms with Gasteiger partial charge in [-0.3, -0.25) is 4.79 Å². The van der Waals surface area contributed by atoms with Gasteiger partial charge in [0.25, 0.3) is 5.91 Å². The van der Waals surface area contributed by atoms with Gasteiger partial charge in [0.05, 0.1) is 13.2 Å². The zero-order chi connectivity index (χ0) is 19.8. The first-order chi connectivity index (χ1) is 14.2. The minimum absolute atomic E-state index is 0. The lowest BCUT2D eigenvalue weighted by atomic mass is 9.85. The summed E-state index contributed by atoms with van der Waals surface area (Å²) in [6, 6.07) is 12.8. The third-order valence-corrected chi connectivity index (χ3v) is 7.25. The Morgan fingerprint density at radius 3 is 2.70 bits per heavy atom. The fourth-order valence-corrected chi connectivity index (χ4v) is 5.69. The second kappa shape index (κ2) is 8.51. The molecule has 3 aromatic rings. The number of ether oxygens (including phenoxy) is 1. The number of benzene rings is 1. The van der Waals surface area contributed by atoms with Crippen molar-refractivity contribution in [3.05, 3.63) is 64.7 Å². The second-order valence-corrected chi connectivity index (χ2v) is 8.60. The number of carbonyl (C=O) groups excluding carboxylic acids is 1. The average Bonchev–Trinajstić information content (AvgIpc) is 3.43. The molecule has 5 rings (SSSR count). The number of thiophene rings is 1. The van der Waals surface area contributed by atoms with E-state index in [4.69, 9.17) is 14.9 Å². The number of hydrogen-bond acceptors (Lipinski definition) is 6. The molecule has 2 N–H and O–H groups in total. The number of hydrogen-bond donors (Lipinski definition) is 1. The van der Waals surface area contributed by atoms with Crippen LogP contribution in [0.4, 0.5) is 0 Å². The van der Waals surface area contributed by atoms with E-state index in [1.165, 1.54) is 27.1 Å². The molecule has 0 atom stereocenters. The van der Waals surface area contributed by atoms with Crippen LogP contribution in [-0.4, -0.2) is 35.5 Å². The summed E-state index contributed by atoms with van der Waals surface area (Å²) in [5.74, 6) is 0.282. The molecular weight excluding hydrogens is 422 g/mol. The summed E-state index contributed by atoms with van der Waals surface area (Å²) in [5, 5.41) is 0. The molecule has 30 heavy (non-hydrogen) atoms. The average molecular weight is 446 g/mol. The molecular formula is C22H24ClN3O3S. The topological polar surface area (TPSA) is 81.6 Å². The van der Waals surface area contributed by atoms with Crippen LogP contribution in [0.1, 0.15) is 39.7 Å². The van der Waals surface area contributed by atoms with Crippen molar-refractivity contribution in [1.82, 2.24) is 9.88 Å². The summed E-state index contributed by atoms with van der Waals surface area (Å²) >= 11 is 1.84. The van der Waals surface area contributed by atoms with E-state index in [1.807, 2.05) is 22.3 Å². The first kappa shape index (κ1) is 21.1. The van der Waals surface area contributed by atoms with E-state index in [0.717, 1.165) is 25.9 Å². The van der Waals surface area contributed by atoms with Crippen LogP contribution in [0, 0.1) is 0 Å². The first-order valence-electron chi connectivity index (χ1n) is 9.95. The van der Waals surface area contributed by atoms with E-state index in [9.17, 15) is 4.79 Å². The molecule has 8 heteroatoms. The van der Waals surface area contributed by atoms with Crippen molar-refractivity contribution in [3.8, 4) is 10.4 Å². The molecule has 2 aromatic heterocycles. The van der Waals surface area contributed by atoms with Gasteiger partial charge >= 0.3 is 0 Å². The van der Waals surface area contributed by atoms with Crippen LogP contribution in [0.2, 0.25) is 0 Å². The number of nitrogens with two attached hydrogens (primary N) is 1. The van der Waals surface area contributed by atoms with Crippen LogP contribution in [0.25, 0.3) is 10.4 Å². The van der Waals surface area contributed by atoms with E-state index in [2.05, 4.69) is 35.3 Å². The van der Waals surface area contributed by atoms with Gasteiger partial charge in [0.1, 0.15) is 11.9 Å². The number of oxazole rings is 1. The number of aromatic nitrogens is 1. The summed E-state index contributed by atoms with van der Waals surface area (Å²) in [6.07, 6.45) is 3.93. The summed E-state index contributed by atoms with van der Waals surface area (Å²) in [7, 11) is 0. The van der Waals surface area contributed by atoms with Crippen molar-refractivity contribution in [2.45, 2.75) is 31.4 Å². The third-order valence-electron chi connectivity index (χ3n) is 5.83. The monoisotopic (exact) mass is 445 g/mol. The fraction of sp³-hybridized carbons (Fsp3) is 0.364. The number of carbonyl (C=O) groups is 1. The van der Waals surface area contributed by atoms with Crippen molar-refractivity contribution < 1.29 is 13.9 Å². The molecule has 2 aliphatic rings. The van der Waals surface area contributed by atoms with Crippen molar-refractivity contribution in [2.24, 2.45) is 5.73 Å². The summed E-state index contributed by atoms with van der Waals surface area (Å²) in [5.41, 5.74) is 8.21. The van der Waals surface area contributed by atoms with Gasteiger partial charge in [-0.2, -0.15) is 0 Å². The number of nitrogens with zero attached hydrogens (tertiary/aromatic N) is 2. The number of amides is 1. The number of rotatable bonds is 3. The Labute approximate surface area is 185 Å². The van der Waals surface area contributed by atoms with Crippen molar-refractivity contribution in [1.29, 1.82) is 0 Å². The van der Waals surface area contributed by atoms with Crippen LogP contribution in [0.15, 0.2) is 47.1 Å². The molecule has 4 heterocycles. The zero-order valence-corrected chi connectivity index (χ0v) is 18.1. The minimum Gasteiger partial charge on any atom is -0.447 e. The number of halogens is 1. The molecule has 0 bridgehead atoms. The van der Waals surface area contributed by atoms with Crippen LogP contribution in [-0.2, 0) is 23.3 Å². The molecule has 0 radical (unpaired) electrons. The number of piperidine rings is 1. The second-order valence-electron chi connectivity index (χ2n) is 7.55. The molecule has 6 nitrogen and oxygen atoms in total. The Morgan fingerprint density at radius 2 is 2.00 bits per heavy atom. The van der Waals surface area contributed by atoms with Gasteiger partial charge in [-0.05, 0) is 36.5 Å². The summed E-state index contributed by atoms with van der Waals surface area (Å²) < 4.78 is 11.6. The molecule has 2 aliphatic heterocycles. The van der Waals surface area contributed by atoms with Gasteiger partial charge < -0.3 is 19.8 Å². The highest BCUT2D eigenvalue weighted by molar-refractivity contribution is 7.15. The van der Waals surface area contributed by atoms with Gasteiger partial charge in [0.15, 0.2) is 5.69 Å². The maximum Gasteiger partial charge on any atom is 0.275 e. The molecule has 1 aromatic carbocycles. The zero-order valence-electron chi connectivity index (χ0n) is 16.5. The standard InChI is InChI=1S/C22H23N3O3S.ClH/c23-13-19-24-17(14-27-19)21(26)25-9-7-22(8-10-25)20-16(6-11-28-22)12-18(29-20)15-4-2-1-3-5-15;/h1-5,12,14H,6-11,13,23H2;1H. The predicted octanol–water partition coefficient (Wildman–Crippen LogP) is 3.99. The maximum absolute atomic E-state index is 12.8. The van der Waals surface area contributed by atoms with Crippen molar-refractivity contribution in [2.75, 3.05) is 19.7 Å².